The fourth-order valence-corrected chi connectivity index (χ4v) is 2.83. The number of nitriles is 2. The van der Waals surface area contributed by atoms with Crippen LogP contribution in [-0.2, 0) is 0 Å². The van der Waals surface area contributed by atoms with Crippen LogP contribution in [0.5, 0.6) is 0 Å². The summed E-state index contributed by atoms with van der Waals surface area (Å²) in [5.74, 6) is 0. The Morgan fingerprint density at radius 2 is 1.32 bits per heavy atom. The maximum Gasteiger partial charge on any atom is 0.167 e. The molecule has 104 valence electrons. The minimum absolute atomic E-state index is 0.0260. The Balaban J connectivity index is 0.000000191. The fraction of sp³-hybridized carbons (Fsp3) is 0.867. The van der Waals surface area contributed by atoms with Crippen molar-refractivity contribution in [2.75, 3.05) is 0 Å². The van der Waals surface area contributed by atoms with Gasteiger partial charge in [-0.05, 0) is 45.4 Å². The first-order valence-corrected chi connectivity index (χ1v) is 7.31. The van der Waals surface area contributed by atoms with Gasteiger partial charge in [0.25, 0.3) is 0 Å². The van der Waals surface area contributed by atoms with E-state index in [2.05, 4.69) is 24.2 Å². The molecule has 2 rings (SSSR count). The fourth-order valence-electron chi connectivity index (χ4n) is 2.83. The van der Waals surface area contributed by atoms with E-state index < -0.39 is 5.54 Å². The van der Waals surface area contributed by atoms with Crippen molar-refractivity contribution in [1.82, 2.24) is 0 Å². The lowest BCUT2D eigenvalue weighted by atomic mass is 9.77. The van der Waals surface area contributed by atoms with Crippen molar-refractivity contribution in [2.45, 2.75) is 76.7 Å². The van der Waals surface area contributed by atoms with Crippen LogP contribution in [-0.4, -0.2) is 5.54 Å². The number of hydrogen-bond donors (Lipinski definition) is 1. The molecule has 19 heavy (non-hydrogen) atoms. The Morgan fingerprint density at radius 3 is 1.58 bits per heavy atom. The van der Waals surface area contributed by atoms with Crippen molar-refractivity contribution in [3.05, 3.63) is 0 Å². The van der Waals surface area contributed by atoms with Crippen LogP contribution in [0.4, 0.5) is 0 Å². The Hall–Kier alpha value is -1.42. The van der Waals surface area contributed by atoms with E-state index in [0.717, 1.165) is 38.5 Å². The molecule has 2 saturated carbocycles. The van der Waals surface area contributed by atoms with Crippen LogP contribution in [0.2, 0.25) is 0 Å². The van der Waals surface area contributed by atoms with Crippen LogP contribution in [0.25, 0.3) is 0 Å². The van der Waals surface area contributed by atoms with Crippen molar-refractivity contribution < 1.29 is 0 Å². The third-order valence-corrected chi connectivity index (χ3v) is 4.33. The van der Waals surface area contributed by atoms with E-state index >= 15 is 0 Å². The molecule has 1 N–H and O–H groups in total. The molecular weight excluding hydrogens is 236 g/mol. The van der Waals surface area contributed by atoms with Crippen molar-refractivity contribution >= 4 is 0 Å². The first-order valence-electron chi connectivity index (χ1n) is 7.31. The van der Waals surface area contributed by atoms with Crippen molar-refractivity contribution in [3.8, 4) is 12.1 Å². The van der Waals surface area contributed by atoms with Gasteiger partial charge in [0.05, 0.1) is 17.6 Å². The van der Waals surface area contributed by atoms with E-state index in [9.17, 15) is 0 Å². The van der Waals surface area contributed by atoms with Crippen LogP contribution in [0.1, 0.15) is 71.1 Å². The maximum atomic E-state index is 8.70. The number of rotatable bonds is 1. The smallest absolute Gasteiger partial charge is 0.167 e. The zero-order valence-electron chi connectivity index (χ0n) is 11.9. The summed E-state index contributed by atoms with van der Waals surface area (Å²) >= 11 is 0. The predicted molar refractivity (Wildman–Crippen MR) is 73.4 cm³/mol. The van der Waals surface area contributed by atoms with Gasteiger partial charge >= 0.3 is 0 Å². The van der Waals surface area contributed by atoms with E-state index in [4.69, 9.17) is 16.1 Å². The molecule has 0 amide bonds. The topological polar surface area (TPSA) is 83.8 Å². The molecule has 4 heteroatoms. The van der Waals surface area contributed by atoms with Crippen molar-refractivity contribution in [2.24, 2.45) is 10.5 Å². The number of nitrogens with zero attached hydrogens (tertiary/aromatic N) is 3. The summed E-state index contributed by atoms with van der Waals surface area (Å²) in [5, 5.41) is 20.8. The second kappa shape index (κ2) is 7.24. The van der Waals surface area contributed by atoms with Crippen LogP contribution in [0.15, 0.2) is 5.11 Å². The summed E-state index contributed by atoms with van der Waals surface area (Å²) in [6.45, 7) is 2.08. The molecular formula is C15H24N4. The third kappa shape index (κ3) is 4.63. The summed E-state index contributed by atoms with van der Waals surface area (Å²) in [7, 11) is 0. The molecule has 0 aliphatic heterocycles. The quantitative estimate of drug-likeness (QED) is 0.691. The van der Waals surface area contributed by atoms with E-state index in [1.54, 1.807) is 0 Å². The Labute approximate surface area is 116 Å². The van der Waals surface area contributed by atoms with Crippen LogP contribution >= 0.6 is 0 Å². The van der Waals surface area contributed by atoms with Gasteiger partial charge in [0, 0.05) is 0 Å². The van der Waals surface area contributed by atoms with Gasteiger partial charge in [0.1, 0.15) is 0 Å². The molecule has 0 bridgehead atoms. The van der Waals surface area contributed by atoms with Crippen molar-refractivity contribution in [3.63, 3.8) is 0 Å². The lowest BCUT2D eigenvalue weighted by Crippen LogP contribution is -2.26. The highest BCUT2D eigenvalue weighted by molar-refractivity contribution is 5.07. The van der Waals surface area contributed by atoms with E-state index in [1.165, 1.54) is 25.7 Å². The molecule has 0 aromatic carbocycles. The SMILES string of the molecule is CC1(C#N)CCCCC1.N#CC1(N=N)CCCCC1. The average Bonchev–Trinajstić information content (AvgIpc) is 2.49. The molecule has 0 unspecified atom stereocenters. The largest absolute Gasteiger partial charge is 0.208 e. The van der Waals surface area contributed by atoms with Gasteiger partial charge in [-0.3, -0.25) is 0 Å². The molecule has 0 aromatic heterocycles. The highest BCUT2D eigenvalue weighted by Gasteiger charge is 2.31. The Kier molecular flexibility index (Phi) is 5.96. The molecule has 0 heterocycles. The highest BCUT2D eigenvalue weighted by Crippen LogP contribution is 2.34. The summed E-state index contributed by atoms with van der Waals surface area (Å²) < 4.78 is 0. The monoisotopic (exact) mass is 260 g/mol. The van der Waals surface area contributed by atoms with E-state index in [0.29, 0.717) is 0 Å². The van der Waals surface area contributed by atoms with Gasteiger partial charge in [-0.1, -0.05) is 25.7 Å². The van der Waals surface area contributed by atoms with Crippen LogP contribution in [0, 0.1) is 33.6 Å². The average molecular weight is 260 g/mol. The van der Waals surface area contributed by atoms with Crippen molar-refractivity contribution in [1.29, 1.82) is 16.1 Å². The normalized spacial score (nSPS) is 23.9. The van der Waals surface area contributed by atoms with Gasteiger partial charge in [-0.2, -0.15) is 15.6 Å². The summed E-state index contributed by atoms with van der Waals surface area (Å²) in [4.78, 5) is 0. The summed E-state index contributed by atoms with van der Waals surface area (Å²) in [5.41, 5.74) is 6.23. The Morgan fingerprint density at radius 1 is 0.842 bits per heavy atom. The summed E-state index contributed by atoms with van der Waals surface area (Å²) in [6.07, 6.45) is 10.9. The second-order valence-electron chi connectivity index (χ2n) is 6.05. The lowest BCUT2D eigenvalue weighted by Gasteiger charge is -2.25. The summed E-state index contributed by atoms with van der Waals surface area (Å²) in [6, 6.07) is 4.49. The maximum absolute atomic E-state index is 8.70. The Bertz CT molecular complexity index is 363. The minimum Gasteiger partial charge on any atom is -0.208 e. The molecule has 2 aliphatic rings. The predicted octanol–water partition coefficient (Wildman–Crippen LogP) is 4.72. The van der Waals surface area contributed by atoms with Crippen LogP contribution in [0.3, 0.4) is 0 Å². The molecule has 2 aliphatic carbocycles. The van der Waals surface area contributed by atoms with Crippen LogP contribution < -0.4 is 0 Å². The van der Waals surface area contributed by atoms with E-state index in [1.807, 2.05) is 0 Å². The molecule has 0 radical (unpaired) electrons. The first-order chi connectivity index (χ1) is 9.10. The molecule has 0 saturated heterocycles. The molecule has 4 nitrogen and oxygen atoms in total. The zero-order chi connectivity index (χ0) is 14.2. The van der Waals surface area contributed by atoms with Gasteiger partial charge < -0.3 is 0 Å². The molecule has 2 fully saturated rings. The first kappa shape index (κ1) is 15.6. The lowest BCUT2D eigenvalue weighted by molar-refractivity contribution is 0.296. The van der Waals surface area contributed by atoms with Gasteiger partial charge in [0.15, 0.2) is 5.54 Å². The van der Waals surface area contributed by atoms with Gasteiger partial charge in [0.2, 0.25) is 0 Å². The number of hydrogen-bond acceptors (Lipinski definition) is 4. The highest BCUT2D eigenvalue weighted by atomic mass is 15.0. The van der Waals surface area contributed by atoms with E-state index in [-0.39, 0.29) is 5.41 Å². The third-order valence-electron chi connectivity index (χ3n) is 4.33. The molecule has 0 spiro atoms. The minimum atomic E-state index is -0.641. The van der Waals surface area contributed by atoms with Gasteiger partial charge in [-0.15, -0.1) is 0 Å². The molecule has 0 atom stereocenters. The second-order valence-corrected chi connectivity index (χ2v) is 6.05. The number of nitrogens with one attached hydrogen (secondary N) is 1. The standard InChI is InChI=1S/C8H13N.C7H11N3/c1-8(7-9)5-3-2-4-6-8;8-6-7(10-9)4-2-1-3-5-7/h2-6H2,1H3;9H,1-5H2. The molecule has 0 aromatic rings. The van der Waals surface area contributed by atoms with Gasteiger partial charge in [-0.25, -0.2) is 5.53 Å². The zero-order valence-corrected chi connectivity index (χ0v) is 11.9.